The number of aliphatic hydroxyl groups excluding tert-OH is 1. The van der Waals surface area contributed by atoms with Gasteiger partial charge in [-0.3, -0.25) is 4.98 Å². The summed E-state index contributed by atoms with van der Waals surface area (Å²) in [6.45, 7) is 4.18. The molecule has 0 radical (unpaired) electrons. The summed E-state index contributed by atoms with van der Waals surface area (Å²) in [4.78, 5) is 3.94. The van der Waals surface area contributed by atoms with Crippen molar-refractivity contribution in [3.8, 4) is 0 Å². The molecule has 2 rings (SSSR count). The molecule has 1 unspecified atom stereocenters. The Bertz CT molecular complexity index is 568. The van der Waals surface area contributed by atoms with Crippen LogP contribution in [-0.4, -0.2) is 16.2 Å². The second-order valence-electron chi connectivity index (χ2n) is 4.95. The first-order valence-corrected chi connectivity index (χ1v) is 6.76. The van der Waals surface area contributed by atoms with E-state index in [0.717, 1.165) is 11.1 Å². The van der Waals surface area contributed by atoms with Crippen molar-refractivity contribution in [2.45, 2.75) is 32.8 Å². The summed E-state index contributed by atoms with van der Waals surface area (Å²) >= 11 is 6.04. The third kappa shape index (κ3) is 3.79. The number of halogens is 1. The van der Waals surface area contributed by atoms with Gasteiger partial charge < -0.3 is 5.11 Å². The van der Waals surface area contributed by atoms with Crippen LogP contribution < -0.4 is 0 Å². The number of hydrogen-bond donors (Lipinski definition) is 1. The van der Waals surface area contributed by atoms with E-state index in [4.69, 9.17) is 11.6 Å². The zero-order valence-electron chi connectivity index (χ0n) is 11.2. The molecule has 0 fully saturated rings. The third-order valence-corrected chi connectivity index (χ3v) is 3.69. The van der Waals surface area contributed by atoms with Crippen molar-refractivity contribution >= 4 is 11.6 Å². The molecule has 1 aromatic carbocycles. The van der Waals surface area contributed by atoms with Gasteiger partial charge in [0.1, 0.15) is 0 Å². The zero-order chi connectivity index (χ0) is 13.8. The summed E-state index contributed by atoms with van der Waals surface area (Å²) in [5.41, 5.74) is 4.62. The minimum Gasteiger partial charge on any atom is -0.392 e. The minimum absolute atomic E-state index is 0.429. The van der Waals surface area contributed by atoms with Crippen molar-refractivity contribution < 1.29 is 5.11 Å². The molecule has 0 aliphatic heterocycles. The smallest absolute Gasteiger partial charge is 0.0622 e. The van der Waals surface area contributed by atoms with E-state index in [-0.39, 0.29) is 0 Å². The van der Waals surface area contributed by atoms with Gasteiger partial charge in [0.05, 0.1) is 11.1 Å². The summed E-state index contributed by atoms with van der Waals surface area (Å²) in [5.74, 6) is 0. The second-order valence-corrected chi connectivity index (χ2v) is 5.35. The van der Waals surface area contributed by atoms with Crippen molar-refractivity contribution in [3.05, 3.63) is 63.9 Å². The highest BCUT2D eigenvalue weighted by atomic mass is 35.5. The van der Waals surface area contributed by atoms with Crippen LogP contribution in [0, 0.1) is 13.8 Å². The lowest BCUT2D eigenvalue weighted by Crippen LogP contribution is -2.14. The molecule has 1 N–H and O–H groups in total. The number of aryl methyl sites for hydroxylation is 2. The third-order valence-electron chi connectivity index (χ3n) is 3.35. The van der Waals surface area contributed by atoms with E-state index in [1.807, 2.05) is 6.07 Å². The average molecular weight is 276 g/mol. The highest BCUT2D eigenvalue weighted by Gasteiger charge is 2.10. The van der Waals surface area contributed by atoms with Crippen LogP contribution in [0.2, 0.25) is 5.02 Å². The van der Waals surface area contributed by atoms with Crippen LogP contribution in [0.1, 0.15) is 22.3 Å². The first kappa shape index (κ1) is 14.0. The lowest BCUT2D eigenvalue weighted by Gasteiger charge is -2.12. The number of pyridine rings is 1. The van der Waals surface area contributed by atoms with Crippen LogP contribution in [-0.2, 0) is 12.8 Å². The highest BCUT2D eigenvalue weighted by molar-refractivity contribution is 6.31. The van der Waals surface area contributed by atoms with Crippen molar-refractivity contribution in [1.29, 1.82) is 0 Å². The first-order valence-electron chi connectivity index (χ1n) is 6.39. The van der Waals surface area contributed by atoms with E-state index in [2.05, 4.69) is 37.0 Å². The second kappa shape index (κ2) is 6.18. The van der Waals surface area contributed by atoms with Gasteiger partial charge in [-0.15, -0.1) is 0 Å². The summed E-state index contributed by atoms with van der Waals surface area (Å²) < 4.78 is 0. The summed E-state index contributed by atoms with van der Waals surface area (Å²) in [6.07, 6.45) is 4.07. The average Bonchev–Trinajstić information content (AvgIpc) is 2.37. The summed E-state index contributed by atoms with van der Waals surface area (Å²) in [6, 6.07) is 8.15. The maximum Gasteiger partial charge on any atom is 0.0622 e. The summed E-state index contributed by atoms with van der Waals surface area (Å²) in [5, 5.41) is 10.8. The van der Waals surface area contributed by atoms with Gasteiger partial charge in [-0.25, -0.2) is 0 Å². The van der Waals surface area contributed by atoms with Crippen LogP contribution in [0.5, 0.6) is 0 Å². The number of aliphatic hydroxyl groups is 1. The molecule has 3 heteroatoms. The molecule has 0 aliphatic rings. The molecule has 0 bridgehead atoms. The molecule has 2 aromatic rings. The molecule has 1 aromatic heterocycles. The zero-order valence-corrected chi connectivity index (χ0v) is 12.0. The van der Waals surface area contributed by atoms with Gasteiger partial charge in [-0.05, 0) is 48.6 Å². The monoisotopic (exact) mass is 275 g/mol. The Kier molecular flexibility index (Phi) is 4.56. The van der Waals surface area contributed by atoms with Crippen molar-refractivity contribution in [2.24, 2.45) is 0 Å². The Morgan fingerprint density at radius 1 is 1.16 bits per heavy atom. The van der Waals surface area contributed by atoms with Crippen LogP contribution in [0.15, 0.2) is 36.7 Å². The lowest BCUT2D eigenvalue weighted by atomic mass is 9.99. The first-order chi connectivity index (χ1) is 9.06. The Labute approximate surface area is 119 Å². The van der Waals surface area contributed by atoms with Gasteiger partial charge in [0, 0.05) is 18.8 Å². The molecule has 19 heavy (non-hydrogen) atoms. The standard InChI is InChI=1S/C16H18ClNO/c1-11-3-4-13(7-12(11)2)8-15(19)9-14-5-6-18-10-16(14)17/h3-7,10,15,19H,8-9H2,1-2H3. The highest BCUT2D eigenvalue weighted by Crippen LogP contribution is 2.18. The fraction of sp³-hybridized carbons (Fsp3) is 0.312. The fourth-order valence-electron chi connectivity index (χ4n) is 2.10. The van der Waals surface area contributed by atoms with Crippen molar-refractivity contribution in [1.82, 2.24) is 4.98 Å². The molecule has 2 nitrogen and oxygen atoms in total. The molecule has 0 amide bonds. The molecule has 0 aliphatic carbocycles. The molecule has 0 spiro atoms. The normalized spacial score (nSPS) is 12.4. The van der Waals surface area contributed by atoms with E-state index in [1.54, 1.807) is 12.4 Å². The maximum atomic E-state index is 10.2. The predicted molar refractivity (Wildman–Crippen MR) is 78.6 cm³/mol. The SMILES string of the molecule is Cc1ccc(CC(O)Cc2ccncc2Cl)cc1C. The number of aromatic nitrogens is 1. The fourth-order valence-corrected chi connectivity index (χ4v) is 2.29. The van der Waals surface area contributed by atoms with E-state index in [9.17, 15) is 5.11 Å². The van der Waals surface area contributed by atoms with Crippen molar-refractivity contribution in [3.63, 3.8) is 0 Å². The van der Waals surface area contributed by atoms with Crippen molar-refractivity contribution in [2.75, 3.05) is 0 Å². The van der Waals surface area contributed by atoms with Crippen LogP contribution in [0.25, 0.3) is 0 Å². The van der Waals surface area contributed by atoms with Crippen LogP contribution >= 0.6 is 11.6 Å². The number of nitrogens with zero attached hydrogens (tertiary/aromatic N) is 1. The molecule has 100 valence electrons. The van der Waals surface area contributed by atoms with Gasteiger partial charge in [0.2, 0.25) is 0 Å². The number of rotatable bonds is 4. The Balaban J connectivity index is 2.03. The molecular weight excluding hydrogens is 258 g/mol. The van der Waals surface area contributed by atoms with Gasteiger partial charge in [0.15, 0.2) is 0 Å². The largest absolute Gasteiger partial charge is 0.392 e. The Morgan fingerprint density at radius 2 is 1.95 bits per heavy atom. The molecule has 1 atom stereocenters. The topological polar surface area (TPSA) is 33.1 Å². The molecule has 0 saturated heterocycles. The molecule has 0 saturated carbocycles. The predicted octanol–water partition coefficient (Wildman–Crippen LogP) is 3.50. The molecular formula is C16H18ClNO. The van der Waals surface area contributed by atoms with Gasteiger partial charge >= 0.3 is 0 Å². The van der Waals surface area contributed by atoms with E-state index < -0.39 is 6.10 Å². The minimum atomic E-state index is -0.429. The Morgan fingerprint density at radius 3 is 2.63 bits per heavy atom. The van der Waals surface area contributed by atoms with Crippen LogP contribution in [0.4, 0.5) is 0 Å². The quantitative estimate of drug-likeness (QED) is 0.926. The van der Waals surface area contributed by atoms with Crippen LogP contribution in [0.3, 0.4) is 0 Å². The van der Waals surface area contributed by atoms with Gasteiger partial charge in [-0.1, -0.05) is 29.8 Å². The molecule has 1 heterocycles. The maximum absolute atomic E-state index is 10.2. The van der Waals surface area contributed by atoms with E-state index >= 15 is 0 Å². The number of hydrogen-bond acceptors (Lipinski definition) is 2. The summed E-state index contributed by atoms with van der Waals surface area (Å²) in [7, 11) is 0. The number of benzene rings is 1. The van der Waals surface area contributed by atoms with Gasteiger partial charge in [-0.2, -0.15) is 0 Å². The Hall–Kier alpha value is -1.38. The van der Waals surface area contributed by atoms with Gasteiger partial charge in [0.25, 0.3) is 0 Å². The van der Waals surface area contributed by atoms with E-state index in [0.29, 0.717) is 17.9 Å². The lowest BCUT2D eigenvalue weighted by molar-refractivity contribution is 0.175. The van der Waals surface area contributed by atoms with E-state index in [1.165, 1.54) is 11.1 Å².